The Morgan fingerprint density at radius 3 is 2.54 bits per heavy atom. The van der Waals surface area contributed by atoms with Gasteiger partial charge in [-0.3, -0.25) is 19.4 Å². The van der Waals surface area contributed by atoms with Crippen molar-refractivity contribution in [2.45, 2.75) is 12.6 Å². The van der Waals surface area contributed by atoms with E-state index in [1.807, 2.05) is 0 Å². The Morgan fingerprint density at radius 1 is 1.27 bits per heavy atom. The lowest BCUT2D eigenvalue weighted by Crippen LogP contribution is -2.61. The smallest absolute Gasteiger partial charge is 0.358 e. The standard InChI is InChI=1S/C16H16FN5O3S/c1-20-13-12(14(24)21(2)16(20)25)22(15(19-13)26-8-11(18)23)7-9-3-5-10(17)6-4-9/h3-6,12H,7-8H2,1-2H3,(H-,18,23)/p+1. The number of benzene rings is 1. The minimum atomic E-state index is -0.789. The molecular formula is C16H17FN5O3S+. The fourth-order valence-electron chi connectivity index (χ4n) is 2.77. The number of hydrogen-bond acceptors (Lipinski definition) is 5. The molecule has 1 unspecified atom stereocenters. The Labute approximate surface area is 153 Å². The van der Waals surface area contributed by atoms with E-state index in [1.165, 1.54) is 31.1 Å². The van der Waals surface area contributed by atoms with Gasteiger partial charge in [-0.25, -0.2) is 13.8 Å². The lowest BCUT2D eigenvalue weighted by molar-refractivity contribution is -0.548. The van der Waals surface area contributed by atoms with Crippen LogP contribution < -0.4 is 5.73 Å². The van der Waals surface area contributed by atoms with Crippen molar-refractivity contribution < 1.29 is 23.3 Å². The van der Waals surface area contributed by atoms with Gasteiger partial charge in [-0.1, -0.05) is 12.1 Å². The third-order valence-corrected chi connectivity index (χ3v) is 5.12. The minimum absolute atomic E-state index is 0.0135. The first-order valence-electron chi connectivity index (χ1n) is 7.72. The van der Waals surface area contributed by atoms with E-state index in [1.54, 1.807) is 16.7 Å². The van der Waals surface area contributed by atoms with E-state index in [4.69, 9.17) is 5.73 Å². The molecule has 0 saturated carbocycles. The molecule has 8 nitrogen and oxygen atoms in total. The lowest BCUT2D eigenvalue weighted by Gasteiger charge is -2.30. The van der Waals surface area contributed by atoms with Gasteiger partial charge in [-0.05, 0) is 34.5 Å². The number of carbonyl (C=O) groups is 3. The summed E-state index contributed by atoms with van der Waals surface area (Å²) >= 11 is 1.09. The second-order valence-electron chi connectivity index (χ2n) is 5.90. The highest BCUT2D eigenvalue weighted by Crippen LogP contribution is 2.24. The maximum absolute atomic E-state index is 13.2. The van der Waals surface area contributed by atoms with Crippen LogP contribution in [0.3, 0.4) is 0 Å². The van der Waals surface area contributed by atoms with E-state index >= 15 is 0 Å². The van der Waals surface area contributed by atoms with Gasteiger partial charge < -0.3 is 5.73 Å². The molecule has 1 saturated heterocycles. The van der Waals surface area contributed by atoms with Gasteiger partial charge in [0.1, 0.15) is 12.4 Å². The summed E-state index contributed by atoms with van der Waals surface area (Å²) in [6.07, 6.45) is 0. The van der Waals surface area contributed by atoms with Gasteiger partial charge in [0.05, 0.1) is 5.75 Å². The van der Waals surface area contributed by atoms with Crippen molar-refractivity contribution in [1.29, 1.82) is 0 Å². The molecule has 10 heteroatoms. The van der Waals surface area contributed by atoms with Crippen LogP contribution in [0, 0.1) is 5.82 Å². The first-order chi connectivity index (χ1) is 12.3. The number of nitrogens with two attached hydrogens (primary N) is 1. The number of rotatable bonds is 4. The molecule has 0 radical (unpaired) electrons. The quantitative estimate of drug-likeness (QED) is 0.758. The van der Waals surface area contributed by atoms with Crippen LogP contribution in [0.5, 0.6) is 0 Å². The summed E-state index contributed by atoms with van der Waals surface area (Å²) in [6.45, 7) is 0.265. The fraction of sp³-hybridized carbons (Fsp3) is 0.312. The van der Waals surface area contributed by atoms with Crippen LogP contribution in [-0.4, -0.2) is 69.1 Å². The molecule has 0 aromatic heterocycles. The monoisotopic (exact) mass is 378 g/mol. The summed E-state index contributed by atoms with van der Waals surface area (Å²) in [5, 5.41) is 0.413. The van der Waals surface area contributed by atoms with E-state index in [0.29, 0.717) is 11.0 Å². The second kappa shape index (κ2) is 6.87. The molecule has 2 N–H and O–H groups in total. The number of aliphatic imine (C=N–C) groups is 1. The largest absolute Gasteiger partial charge is 0.369 e. The van der Waals surface area contributed by atoms with Crippen LogP contribution in [0.1, 0.15) is 5.56 Å². The number of primary amides is 1. The molecule has 0 aliphatic carbocycles. The van der Waals surface area contributed by atoms with Gasteiger partial charge in [0.2, 0.25) is 5.91 Å². The Balaban J connectivity index is 1.99. The van der Waals surface area contributed by atoms with E-state index in [0.717, 1.165) is 22.2 Å². The zero-order chi connectivity index (χ0) is 19.0. The number of fused-ring (bicyclic) bond motifs is 1. The van der Waals surface area contributed by atoms with Crippen LogP contribution in [0.15, 0.2) is 29.3 Å². The molecule has 26 heavy (non-hydrogen) atoms. The molecule has 2 aliphatic rings. The highest BCUT2D eigenvalue weighted by Gasteiger charge is 2.53. The predicted octanol–water partition coefficient (Wildman–Crippen LogP) is 0.217. The van der Waals surface area contributed by atoms with E-state index in [2.05, 4.69) is 4.99 Å². The molecule has 136 valence electrons. The Bertz CT molecular complexity index is 852. The molecule has 1 fully saturated rings. The topological polar surface area (TPSA) is 99.1 Å². The number of amides is 4. The Morgan fingerprint density at radius 2 is 1.92 bits per heavy atom. The molecular weight excluding hydrogens is 361 g/mol. The summed E-state index contributed by atoms with van der Waals surface area (Å²) < 4.78 is 14.9. The number of imide groups is 1. The number of hydrogen-bond donors (Lipinski definition) is 1. The fourth-order valence-corrected chi connectivity index (χ4v) is 3.54. The van der Waals surface area contributed by atoms with Gasteiger partial charge in [0, 0.05) is 14.1 Å². The summed E-state index contributed by atoms with van der Waals surface area (Å²) in [5.74, 6) is -1.01. The van der Waals surface area contributed by atoms with Gasteiger partial charge in [-0.2, -0.15) is 0 Å². The molecule has 3 rings (SSSR count). The van der Waals surface area contributed by atoms with Crippen molar-refractivity contribution >= 4 is 40.6 Å². The van der Waals surface area contributed by atoms with Crippen LogP contribution in [0.4, 0.5) is 9.18 Å². The van der Waals surface area contributed by atoms with E-state index < -0.39 is 23.9 Å². The van der Waals surface area contributed by atoms with Crippen molar-refractivity contribution in [1.82, 2.24) is 9.80 Å². The molecule has 2 heterocycles. The Hall–Kier alpha value is -2.75. The highest BCUT2D eigenvalue weighted by molar-refractivity contribution is 8.14. The van der Waals surface area contributed by atoms with Crippen LogP contribution in [0.2, 0.25) is 0 Å². The molecule has 1 atom stereocenters. The average molecular weight is 378 g/mol. The van der Waals surface area contributed by atoms with E-state index in [9.17, 15) is 18.8 Å². The minimum Gasteiger partial charge on any atom is -0.369 e. The van der Waals surface area contributed by atoms with Crippen molar-refractivity contribution in [2.75, 3.05) is 19.8 Å². The van der Waals surface area contributed by atoms with Crippen LogP contribution >= 0.6 is 11.8 Å². The number of amidine groups is 2. The maximum Gasteiger partial charge on any atom is 0.358 e. The van der Waals surface area contributed by atoms with Crippen molar-refractivity contribution in [3.05, 3.63) is 35.6 Å². The number of halogens is 1. The molecule has 0 spiro atoms. The van der Waals surface area contributed by atoms with E-state index in [-0.39, 0.29) is 18.1 Å². The molecule has 1 aromatic rings. The number of urea groups is 1. The predicted molar refractivity (Wildman–Crippen MR) is 94.2 cm³/mol. The number of likely N-dealkylation sites (N-methyl/N-ethyl adjacent to an activating group) is 2. The van der Waals surface area contributed by atoms with Gasteiger partial charge >= 0.3 is 11.2 Å². The Kier molecular flexibility index (Phi) is 4.77. The maximum atomic E-state index is 13.2. The zero-order valence-electron chi connectivity index (χ0n) is 14.2. The third-order valence-electron chi connectivity index (χ3n) is 4.10. The first kappa shape index (κ1) is 18.1. The number of carbonyl (C=O) groups excluding carboxylic acids is 3. The van der Waals surface area contributed by atoms with Crippen molar-refractivity contribution in [2.24, 2.45) is 10.7 Å². The van der Waals surface area contributed by atoms with Gasteiger partial charge in [-0.15, -0.1) is 0 Å². The summed E-state index contributed by atoms with van der Waals surface area (Å²) in [7, 11) is 2.94. The van der Waals surface area contributed by atoms with Gasteiger partial charge in [0.25, 0.3) is 17.8 Å². The molecule has 4 amide bonds. The summed E-state index contributed by atoms with van der Waals surface area (Å²) in [6, 6.07) is 4.60. The van der Waals surface area contributed by atoms with Crippen molar-refractivity contribution in [3.8, 4) is 0 Å². The average Bonchev–Trinajstić information content (AvgIpc) is 2.96. The number of nitrogens with zero attached hydrogens (tertiary/aromatic N) is 4. The van der Waals surface area contributed by atoms with Crippen molar-refractivity contribution in [3.63, 3.8) is 0 Å². The normalized spacial score (nSPS) is 19.8. The van der Waals surface area contributed by atoms with Crippen LogP contribution in [0.25, 0.3) is 0 Å². The molecule has 1 aromatic carbocycles. The van der Waals surface area contributed by atoms with Gasteiger partial charge in [0.15, 0.2) is 0 Å². The zero-order valence-corrected chi connectivity index (χ0v) is 15.0. The lowest BCUT2D eigenvalue weighted by atomic mass is 10.1. The molecule has 2 aliphatic heterocycles. The summed E-state index contributed by atoms with van der Waals surface area (Å²) in [5.41, 5.74) is 5.97. The first-order valence-corrected chi connectivity index (χ1v) is 8.71. The summed E-state index contributed by atoms with van der Waals surface area (Å²) in [4.78, 5) is 42.7. The molecule has 0 bridgehead atoms. The second-order valence-corrected chi connectivity index (χ2v) is 6.85. The number of thioether (sulfide) groups is 1. The SMILES string of the molecule is CN1C(=O)C2C(=NC(SCC(N)=O)=[N+]2Cc2ccc(F)cc2)N(C)C1=O. The third kappa shape index (κ3) is 3.19. The van der Waals surface area contributed by atoms with Crippen LogP contribution in [-0.2, 0) is 16.1 Å². The highest BCUT2D eigenvalue weighted by atomic mass is 32.2.